The molecule has 0 unspecified atom stereocenters. The third-order valence-electron chi connectivity index (χ3n) is 4.32. The van der Waals surface area contributed by atoms with E-state index >= 15 is 0 Å². The molecule has 0 atom stereocenters. The van der Waals surface area contributed by atoms with E-state index in [2.05, 4.69) is 24.8 Å². The van der Waals surface area contributed by atoms with Gasteiger partial charge < -0.3 is 15.1 Å². The summed E-state index contributed by atoms with van der Waals surface area (Å²) in [4.78, 5) is 8.83. The van der Waals surface area contributed by atoms with E-state index < -0.39 is 10.0 Å². The predicted octanol–water partition coefficient (Wildman–Crippen LogP) is 1.37. The van der Waals surface area contributed by atoms with Gasteiger partial charge in [-0.2, -0.15) is 0 Å². The smallest absolute Gasteiger partial charge is 0.211 e. The number of piperazine rings is 1. The first kappa shape index (κ1) is 20.8. The second-order valence-electron chi connectivity index (χ2n) is 6.05. The van der Waals surface area contributed by atoms with Gasteiger partial charge in [0, 0.05) is 46.3 Å². The lowest BCUT2D eigenvalue weighted by Gasteiger charge is -2.38. The van der Waals surface area contributed by atoms with Crippen LogP contribution in [0.25, 0.3) is 0 Å². The fourth-order valence-corrected chi connectivity index (χ4v) is 3.73. The van der Waals surface area contributed by atoms with Crippen molar-refractivity contribution in [1.82, 2.24) is 14.9 Å². The van der Waals surface area contributed by atoms with Crippen LogP contribution in [0, 0.1) is 0 Å². The number of benzene rings is 1. The van der Waals surface area contributed by atoms with Crippen molar-refractivity contribution in [2.45, 2.75) is 13.3 Å². The van der Waals surface area contributed by atoms with Crippen LogP contribution in [-0.4, -0.2) is 71.3 Å². The van der Waals surface area contributed by atoms with Crippen molar-refractivity contribution >= 4 is 33.3 Å². The average Bonchev–Trinajstić information content (AvgIpc) is 2.65. The van der Waals surface area contributed by atoms with E-state index in [1.807, 2.05) is 24.3 Å². The van der Waals surface area contributed by atoms with Crippen LogP contribution >= 0.6 is 11.6 Å². The molecule has 1 aliphatic rings. The van der Waals surface area contributed by atoms with E-state index in [0.29, 0.717) is 19.5 Å². The van der Waals surface area contributed by atoms with Gasteiger partial charge in [-0.15, -0.1) is 0 Å². The molecule has 1 heterocycles. The number of aliphatic imine (C=N–C) groups is 1. The lowest BCUT2D eigenvalue weighted by molar-refractivity contribution is 0.372. The van der Waals surface area contributed by atoms with Crippen molar-refractivity contribution in [3.8, 4) is 0 Å². The highest BCUT2D eigenvalue weighted by atomic mass is 35.5. The van der Waals surface area contributed by atoms with Gasteiger partial charge in [0.15, 0.2) is 5.96 Å². The zero-order chi connectivity index (χ0) is 19.0. The largest absolute Gasteiger partial charge is 0.367 e. The van der Waals surface area contributed by atoms with E-state index in [-0.39, 0.29) is 5.75 Å². The molecular formula is C17H28ClN5O2S. The Labute approximate surface area is 161 Å². The second-order valence-corrected chi connectivity index (χ2v) is 8.55. The Kier molecular flexibility index (Phi) is 7.99. The SMILES string of the molecule is CCS(=O)(=O)NCCCNC(=NC)N1CCN(c2ccccc2Cl)CC1. The molecule has 1 aromatic carbocycles. The van der Waals surface area contributed by atoms with Gasteiger partial charge in [0.1, 0.15) is 0 Å². The van der Waals surface area contributed by atoms with Gasteiger partial charge in [-0.1, -0.05) is 23.7 Å². The van der Waals surface area contributed by atoms with E-state index in [1.165, 1.54) is 0 Å². The van der Waals surface area contributed by atoms with Crippen LogP contribution in [0.4, 0.5) is 5.69 Å². The number of anilines is 1. The number of hydrogen-bond donors (Lipinski definition) is 2. The van der Waals surface area contributed by atoms with E-state index in [4.69, 9.17) is 11.6 Å². The Morgan fingerprint density at radius 2 is 1.88 bits per heavy atom. The normalized spacial score (nSPS) is 16.0. The highest BCUT2D eigenvalue weighted by Crippen LogP contribution is 2.25. The van der Waals surface area contributed by atoms with Crippen LogP contribution in [0.1, 0.15) is 13.3 Å². The lowest BCUT2D eigenvalue weighted by Crippen LogP contribution is -2.52. The van der Waals surface area contributed by atoms with Gasteiger partial charge >= 0.3 is 0 Å². The number of nitrogens with zero attached hydrogens (tertiary/aromatic N) is 3. The van der Waals surface area contributed by atoms with Crippen LogP contribution in [0.3, 0.4) is 0 Å². The maximum Gasteiger partial charge on any atom is 0.211 e. The zero-order valence-corrected chi connectivity index (χ0v) is 17.0. The molecule has 2 N–H and O–H groups in total. The van der Waals surface area contributed by atoms with Crippen molar-refractivity contribution < 1.29 is 8.42 Å². The summed E-state index contributed by atoms with van der Waals surface area (Å²) >= 11 is 6.28. The fraction of sp³-hybridized carbons (Fsp3) is 0.588. The summed E-state index contributed by atoms with van der Waals surface area (Å²) in [6.07, 6.45) is 0.706. The molecule has 26 heavy (non-hydrogen) atoms. The van der Waals surface area contributed by atoms with Crippen molar-refractivity contribution in [2.75, 3.05) is 57.0 Å². The standard InChI is InChI=1S/C17H28ClN5O2S/c1-3-26(24,25)21-10-6-9-20-17(19-2)23-13-11-22(12-14-23)16-8-5-4-7-15(16)18/h4-5,7-8,21H,3,6,9-14H2,1-2H3,(H,19,20). The highest BCUT2D eigenvalue weighted by Gasteiger charge is 2.20. The molecule has 0 saturated carbocycles. The lowest BCUT2D eigenvalue weighted by atomic mass is 10.2. The molecule has 0 radical (unpaired) electrons. The zero-order valence-electron chi connectivity index (χ0n) is 15.4. The summed E-state index contributed by atoms with van der Waals surface area (Å²) in [5.74, 6) is 0.958. The highest BCUT2D eigenvalue weighted by molar-refractivity contribution is 7.89. The maximum atomic E-state index is 11.4. The third kappa shape index (κ3) is 6.03. The van der Waals surface area contributed by atoms with Gasteiger partial charge in [0.2, 0.25) is 10.0 Å². The summed E-state index contributed by atoms with van der Waals surface area (Å²) < 4.78 is 25.4. The van der Waals surface area contributed by atoms with Crippen LogP contribution in [-0.2, 0) is 10.0 Å². The second kappa shape index (κ2) is 9.99. The molecule has 1 aliphatic heterocycles. The molecule has 0 aromatic heterocycles. The summed E-state index contributed by atoms with van der Waals surface area (Å²) in [5, 5.41) is 4.08. The Bertz CT molecular complexity index is 703. The average molecular weight is 402 g/mol. The molecule has 1 saturated heterocycles. The third-order valence-corrected chi connectivity index (χ3v) is 6.05. The molecule has 0 bridgehead atoms. The van der Waals surface area contributed by atoms with Crippen LogP contribution in [0.2, 0.25) is 5.02 Å². The monoisotopic (exact) mass is 401 g/mol. The van der Waals surface area contributed by atoms with Gasteiger partial charge in [-0.25, -0.2) is 13.1 Å². The molecule has 9 heteroatoms. The molecule has 2 rings (SSSR count). The van der Waals surface area contributed by atoms with Crippen molar-refractivity contribution in [3.05, 3.63) is 29.3 Å². The van der Waals surface area contributed by atoms with Gasteiger partial charge in [-0.05, 0) is 25.5 Å². The summed E-state index contributed by atoms with van der Waals surface area (Å²) in [5.41, 5.74) is 1.07. The van der Waals surface area contributed by atoms with Crippen LogP contribution < -0.4 is 14.9 Å². The minimum Gasteiger partial charge on any atom is -0.367 e. The quantitative estimate of drug-likeness (QED) is 0.410. The molecule has 1 fully saturated rings. The Morgan fingerprint density at radius 1 is 1.19 bits per heavy atom. The van der Waals surface area contributed by atoms with Gasteiger partial charge in [0.05, 0.1) is 16.5 Å². The Balaban J connectivity index is 1.75. The number of nitrogens with one attached hydrogen (secondary N) is 2. The molecule has 0 amide bonds. The number of para-hydroxylation sites is 1. The number of guanidine groups is 1. The molecule has 0 aliphatic carbocycles. The summed E-state index contributed by atoms with van der Waals surface area (Å²) in [6.45, 7) is 6.19. The molecule has 146 valence electrons. The Morgan fingerprint density at radius 3 is 2.50 bits per heavy atom. The first-order valence-electron chi connectivity index (χ1n) is 8.89. The van der Waals surface area contributed by atoms with Crippen LogP contribution in [0.5, 0.6) is 0 Å². The summed E-state index contributed by atoms with van der Waals surface area (Å²) in [7, 11) is -1.35. The van der Waals surface area contributed by atoms with Gasteiger partial charge in [0.25, 0.3) is 0 Å². The van der Waals surface area contributed by atoms with E-state index in [1.54, 1.807) is 14.0 Å². The Hall–Kier alpha value is -1.51. The maximum absolute atomic E-state index is 11.4. The molecular weight excluding hydrogens is 374 g/mol. The van der Waals surface area contributed by atoms with Crippen molar-refractivity contribution in [1.29, 1.82) is 0 Å². The number of sulfonamides is 1. The minimum atomic E-state index is -3.12. The van der Waals surface area contributed by atoms with Crippen LogP contribution in [0.15, 0.2) is 29.3 Å². The summed E-state index contributed by atoms with van der Waals surface area (Å²) in [6, 6.07) is 7.90. The topological polar surface area (TPSA) is 77.0 Å². The molecule has 1 aromatic rings. The predicted molar refractivity (Wildman–Crippen MR) is 109 cm³/mol. The molecule has 0 spiro atoms. The number of hydrogen-bond acceptors (Lipinski definition) is 4. The first-order chi connectivity index (χ1) is 12.5. The fourth-order valence-electron chi connectivity index (χ4n) is 2.82. The number of halogens is 1. The first-order valence-corrected chi connectivity index (χ1v) is 10.9. The van der Waals surface area contributed by atoms with E-state index in [0.717, 1.165) is 42.8 Å². The van der Waals surface area contributed by atoms with E-state index in [9.17, 15) is 8.42 Å². The van der Waals surface area contributed by atoms with Crippen molar-refractivity contribution in [3.63, 3.8) is 0 Å². The number of rotatable bonds is 7. The van der Waals surface area contributed by atoms with Crippen molar-refractivity contribution in [2.24, 2.45) is 4.99 Å². The van der Waals surface area contributed by atoms with Gasteiger partial charge in [-0.3, -0.25) is 4.99 Å². The minimum absolute atomic E-state index is 0.109. The molecule has 7 nitrogen and oxygen atoms in total.